The number of hydrogen-bond acceptors (Lipinski definition) is 7. The number of nitro benzene ring substituents is 1. The smallest absolute Gasteiger partial charge is 0.322 e. The number of amides is 1. The van der Waals surface area contributed by atoms with Crippen molar-refractivity contribution in [3.63, 3.8) is 0 Å². The van der Waals surface area contributed by atoms with Crippen LogP contribution in [0.2, 0.25) is 0 Å². The summed E-state index contributed by atoms with van der Waals surface area (Å²) >= 11 is 0. The Balaban J connectivity index is 2.20. The second-order valence-corrected chi connectivity index (χ2v) is 3.61. The van der Waals surface area contributed by atoms with Gasteiger partial charge in [0.15, 0.2) is 0 Å². The molecule has 1 amide bonds. The van der Waals surface area contributed by atoms with Gasteiger partial charge in [-0.15, -0.1) is 5.10 Å². The average molecular weight is 263 g/mol. The molecule has 0 saturated heterocycles. The maximum atomic E-state index is 11.8. The molecule has 2 aromatic rings. The molecular weight excluding hydrogens is 254 g/mol. The van der Waals surface area contributed by atoms with Gasteiger partial charge in [0, 0.05) is 18.6 Å². The quantitative estimate of drug-likeness (QED) is 0.480. The summed E-state index contributed by atoms with van der Waals surface area (Å²) in [7, 11) is 0. The number of nitrogens with two attached hydrogens (primary N) is 1. The van der Waals surface area contributed by atoms with Crippen LogP contribution >= 0.6 is 0 Å². The van der Waals surface area contributed by atoms with Gasteiger partial charge in [0.2, 0.25) is 5.89 Å². The molecule has 0 unspecified atom stereocenters. The molecule has 1 aromatic heterocycles. The van der Waals surface area contributed by atoms with E-state index < -0.39 is 10.8 Å². The molecule has 0 bridgehead atoms. The standard InChI is InChI=1S/C10H9N5O4/c1-5-13-14-10(19-5)12-9(16)6-2-3-8(15(17)18)7(11)4-6/h2-4H,11H2,1H3,(H,12,14,16). The van der Waals surface area contributed by atoms with Gasteiger partial charge in [-0.05, 0) is 12.1 Å². The minimum atomic E-state index is -0.627. The van der Waals surface area contributed by atoms with Crippen molar-refractivity contribution in [3.8, 4) is 0 Å². The third-order valence-corrected chi connectivity index (χ3v) is 2.23. The van der Waals surface area contributed by atoms with Gasteiger partial charge in [0.05, 0.1) is 4.92 Å². The largest absolute Gasteiger partial charge is 0.408 e. The lowest BCUT2D eigenvalue weighted by Gasteiger charge is -2.02. The third kappa shape index (κ3) is 2.65. The van der Waals surface area contributed by atoms with Crippen molar-refractivity contribution in [1.29, 1.82) is 0 Å². The van der Waals surface area contributed by atoms with Gasteiger partial charge in [-0.25, -0.2) is 0 Å². The topological polar surface area (TPSA) is 137 Å². The van der Waals surface area contributed by atoms with E-state index in [9.17, 15) is 14.9 Å². The summed E-state index contributed by atoms with van der Waals surface area (Å²) in [5.74, 6) is -0.247. The predicted octanol–water partition coefficient (Wildman–Crippen LogP) is 1.12. The molecule has 0 atom stereocenters. The van der Waals surface area contributed by atoms with Crippen LogP contribution in [0.4, 0.5) is 17.4 Å². The van der Waals surface area contributed by atoms with E-state index in [-0.39, 0.29) is 23.0 Å². The highest BCUT2D eigenvalue weighted by molar-refractivity contribution is 6.04. The zero-order valence-corrected chi connectivity index (χ0v) is 9.78. The summed E-state index contributed by atoms with van der Waals surface area (Å²) in [6.45, 7) is 1.58. The summed E-state index contributed by atoms with van der Waals surface area (Å²) in [6.07, 6.45) is 0. The summed E-state index contributed by atoms with van der Waals surface area (Å²) < 4.78 is 4.97. The highest BCUT2D eigenvalue weighted by Gasteiger charge is 2.16. The summed E-state index contributed by atoms with van der Waals surface area (Å²) in [5.41, 5.74) is 5.28. The van der Waals surface area contributed by atoms with Crippen molar-refractivity contribution < 1.29 is 14.1 Å². The minimum Gasteiger partial charge on any atom is -0.408 e. The zero-order chi connectivity index (χ0) is 14.0. The Morgan fingerprint density at radius 1 is 1.47 bits per heavy atom. The van der Waals surface area contributed by atoms with Gasteiger partial charge in [0.25, 0.3) is 11.6 Å². The van der Waals surface area contributed by atoms with Crippen molar-refractivity contribution in [2.24, 2.45) is 0 Å². The van der Waals surface area contributed by atoms with Crippen LogP contribution < -0.4 is 11.1 Å². The minimum absolute atomic E-state index is 0.0561. The zero-order valence-electron chi connectivity index (χ0n) is 9.78. The van der Waals surface area contributed by atoms with E-state index in [4.69, 9.17) is 10.2 Å². The molecule has 19 heavy (non-hydrogen) atoms. The van der Waals surface area contributed by atoms with Crippen LogP contribution in [0, 0.1) is 17.0 Å². The van der Waals surface area contributed by atoms with Crippen molar-refractivity contribution >= 4 is 23.3 Å². The molecule has 9 heteroatoms. The van der Waals surface area contributed by atoms with Crippen LogP contribution in [0.25, 0.3) is 0 Å². The van der Waals surface area contributed by atoms with Crippen molar-refractivity contribution in [2.75, 3.05) is 11.1 Å². The molecule has 9 nitrogen and oxygen atoms in total. The van der Waals surface area contributed by atoms with Gasteiger partial charge < -0.3 is 10.2 Å². The maximum Gasteiger partial charge on any atom is 0.322 e. The molecule has 1 aromatic carbocycles. The highest BCUT2D eigenvalue weighted by Crippen LogP contribution is 2.22. The molecular formula is C10H9N5O4. The lowest BCUT2D eigenvalue weighted by Crippen LogP contribution is -2.12. The van der Waals surface area contributed by atoms with Gasteiger partial charge in [0.1, 0.15) is 5.69 Å². The van der Waals surface area contributed by atoms with E-state index in [1.54, 1.807) is 6.92 Å². The first-order valence-electron chi connectivity index (χ1n) is 5.13. The summed E-state index contributed by atoms with van der Waals surface area (Å²) in [5, 5.41) is 20.1. The van der Waals surface area contributed by atoms with Crippen LogP contribution in [0.15, 0.2) is 22.6 Å². The van der Waals surface area contributed by atoms with Gasteiger partial charge in [-0.3, -0.25) is 20.2 Å². The number of nitrogens with one attached hydrogen (secondary N) is 1. The van der Waals surface area contributed by atoms with Crippen molar-refractivity contribution in [2.45, 2.75) is 6.92 Å². The number of rotatable bonds is 3. The fourth-order valence-corrected chi connectivity index (χ4v) is 1.38. The predicted molar refractivity (Wildman–Crippen MR) is 64.5 cm³/mol. The molecule has 0 spiro atoms. The molecule has 0 fully saturated rings. The second kappa shape index (κ2) is 4.72. The number of carbonyl (C=O) groups excluding carboxylic acids is 1. The first kappa shape index (κ1) is 12.5. The Bertz CT molecular complexity index is 651. The average Bonchev–Trinajstić information content (AvgIpc) is 2.74. The number of nitrogen functional groups attached to an aromatic ring is 1. The first-order valence-corrected chi connectivity index (χ1v) is 5.13. The van der Waals surface area contributed by atoms with E-state index in [2.05, 4.69) is 15.5 Å². The molecule has 0 aliphatic carbocycles. The number of carbonyl (C=O) groups is 1. The second-order valence-electron chi connectivity index (χ2n) is 3.61. The summed E-state index contributed by atoms with van der Waals surface area (Å²) in [6, 6.07) is 3.59. The van der Waals surface area contributed by atoms with Crippen molar-refractivity contribution in [3.05, 3.63) is 39.8 Å². The lowest BCUT2D eigenvalue weighted by molar-refractivity contribution is -0.383. The van der Waals surface area contributed by atoms with Crippen molar-refractivity contribution in [1.82, 2.24) is 10.2 Å². The monoisotopic (exact) mass is 263 g/mol. The van der Waals surface area contributed by atoms with E-state index in [0.29, 0.717) is 5.89 Å². The van der Waals surface area contributed by atoms with E-state index in [0.717, 1.165) is 6.07 Å². The third-order valence-electron chi connectivity index (χ3n) is 2.23. The lowest BCUT2D eigenvalue weighted by atomic mass is 10.1. The molecule has 3 N–H and O–H groups in total. The molecule has 0 aliphatic rings. The van der Waals surface area contributed by atoms with E-state index in [1.807, 2.05) is 0 Å². The number of anilines is 2. The van der Waals surface area contributed by atoms with Crippen LogP contribution in [0.5, 0.6) is 0 Å². The number of aryl methyl sites for hydroxylation is 1. The Morgan fingerprint density at radius 2 is 2.21 bits per heavy atom. The normalized spacial score (nSPS) is 10.2. The fourth-order valence-electron chi connectivity index (χ4n) is 1.38. The van der Waals surface area contributed by atoms with Crippen LogP contribution in [0.1, 0.15) is 16.2 Å². The molecule has 0 saturated carbocycles. The Hall–Kier alpha value is -2.97. The highest BCUT2D eigenvalue weighted by atomic mass is 16.6. The number of nitro groups is 1. The molecule has 0 radical (unpaired) electrons. The Labute approximate surface area is 106 Å². The molecule has 2 rings (SSSR count). The molecule has 1 heterocycles. The van der Waals surface area contributed by atoms with Gasteiger partial charge in [-0.1, -0.05) is 5.10 Å². The first-order chi connectivity index (χ1) is 8.97. The van der Waals surface area contributed by atoms with E-state index in [1.165, 1.54) is 12.1 Å². The van der Waals surface area contributed by atoms with Gasteiger partial charge >= 0.3 is 6.01 Å². The Morgan fingerprint density at radius 3 is 2.74 bits per heavy atom. The van der Waals surface area contributed by atoms with Crippen LogP contribution in [0.3, 0.4) is 0 Å². The van der Waals surface area contributed by atoms with E-state index >= 15 is 0 Å². The van der Waals surface area contributed by atoms with Crippen LogP contribution in [-0.4, -0.2) is 21.0 Å². The molecule has 98 valence electrons. The number of benzene rings is 1. The number of aromatic nitrogens is 2. The maximum absolute atomic E-state index is 11.8. The SMILES string of the molecule is Cc1nnc(NC(=O)c2ccc([N+](=O)[O-])c(N)c2)o1. The van der Waals surface area contributed by atoms with Gasteiger partial charge in [-0.2, -0.15) is 0 Å². The number of nitrogens with zero attached hydrogens (tertiary/aromatic N) is 3. The van der Waals surface area contributed by atoms with Crippen LogP contribution in [-0.2, 0) is 0 Å². The molecule has 0 aliphatic heterocycles. The number of hydrogen-bond donors (Lipinski definition) is 2. The Kier molecular flexibility index (Phi) is 3.10. The fraction of sp³-hybridized carbons (Fsp3) is 0.100. The summed E-state index contributed by atoms with van der Waals surface area (Å²) in [4.78, 5) is 21.8.